The summed E-state index contributed by atoms with van der Waals surface area (Å²) in [5.41, 5.74) is 5.71. The van der Waals surface area contributed by atoms with Crippen LogP contribution in [0.2, 0.25) is 0 Å². The van der Waals surface area contributed by atoms with Gasteiger partial charge in [-0.3, -0.25) is 15.3 Å². The van der Waals surface area contributed by atoms with E-state index in [1.54, 1.807) is 0 Å². The lowest BCUT2D eigenvalue weighted by Crippen LogP contribution is -2.54. The fourth-order valence-electron chi connectivity index (χ4n) is 2.55. The molecule has 108 valence electrons. The summed E-state index contributed by atoms with van der Waals surface area (Å²) in [6.45, 7) is 0.510. The minimum absolute atomic E-state index is 0.202. The molecule has 1 aliphatic carbocycles. The predicted octanol–water partition coefficient (Wildman–Crippen LogP) is 1.75. The van der Waals surface area contributed by atoms with Crippen LogP contribution in [0.15, 0.2) is 30.3 Å². The van der Waals surface area contributed by atoms with Gasteiger partial charge in [-0.2, -0.15) is 0 Å². The average Bonchev–Trinajstić information content (AvgIpc) is 2.46. The highest BCUT2D eigenvalue weighted by Crippen LogP contribution is 2.33. The minimum Gasteiger partial charge on any atom is -0.460 e. The molecule has 1 aliphatic rings. The van der Waals surface area contributed by atoms with E-state index in [1.807, 2.05) is 30.3 Å². The fourth-order valence-corrected chi connectivity index (χ4v) is 2.55. The van der Waals surface area contributed by atoms with Gasteiger partial charge in [0.2, 0.25) is 0 Å². The topological polar surface area (TPSA) is 78.6 Å². The number of nitrogens with two attached hydrogens (primary N) is 1. The van der Waals surface area contributed by atoms with Gasteiger partial charge in [0.15, 0.2) is 5.72 Å². The Labute approximate surface area is 118 Å². The van der Waals surface area contributed by atoms with Crippen molar-refractivity contribution < 1.29 is 19.1 Å². The second kappa shape index (κ2) is 6.52. The molecule has 2 N–H and O–H groups in total. The van der Waals surface area contributed by atoms with Crippen molar-refractivity contribution in [3.05, 3.63) is 35.9 Å². The van der Waals surface area contributed by atoms with E-state index in [0.29, 0.717) is 19.3 Å². The van der Waals surface area contributed by atoms with Crippen LogP contribution in [0.3, 0.4) is 0 Å². The molecular formula is C15H19NO4. The molecule has 0 saturated heterocycles. The molecule has 5 heteroatoms. The molecule has 1 aromatic carbocycles. The maximum atomic E-state index is 12.2. The molecule has 5 nitrogen and oxygen atoms in total. The number of benzene rings is 1. The number of rotatable bonds is 5. The number of carbonyl (C=O) groups is 2. The Morgan fingerprint density at radius 1 is 1.35 bits per heavy atom. The van der Waals surface area contributed by atoms with Gasteiger partial charge in [-0.15, -0.1) is 0 Å². The van der Waals surface area contributed by atoms with Crippen LogP contribution in [-0.2, 0) is 25.7 Å². The largest absolute Gasteiger partial charge is 0.460 e. The highest BCUT2D eigenvalue weighted by atomic mass is 16.6. The number of ether oxygens (including phenoxy) is 2. The Kier molecular flexibility index (Phi) is 4.74. The molecule has 0 bridgehead atoms. The summed E-state index contributed by atoms with van der Waals surface area (Å²) in [6.07, 6.45) is 2.79. The van der Waals surface area contributed by atoms with Gasteiger partial charge in [-0.25, -0.2) is 0 Å². The first-order valence-electron chi connectivity index (χ1n) is 6.76. The SMILES string of the molecule is NC1(OC=O)CCCCC1C(=O)OCc1ccccc1. The number of hydrogen-bond donors (Lipinski definition) is 1. The number of esters is 1. The third-order valence-electron chi connectivity index (χ3n) is 3.68. The number of carbonyl (C=O) groups excluding carboxylic acids is 2. The molecule has 0 heterocycles. The van der Waals surface area contributed by atoms with E-state index in [9.17, 15) is 9.59 Å². The van der Waals surface area contributed by atoms with Crippen molar-refractivity contribution in [3.8, 4) is 0 Å². The van der Waals surface area contributed by atoms with Crippen LogP contribution in [0.25, 0.3) is 0 Å². The molecule has 1 fully saturated rings. The van der Waals surface area contributed by atoms with Crippen molar-refractivity contribution in [3.63, 3.8) is 0 Å². The van der Waals surface area contributed by atoms with Crippen LogP contribution >= 0.6 is 0 Å². The zero-order valence-electron chi connectivity index (χ0n) is 11.3. The Hall–Kier alpha value is -1.88. The summed E-state index contributed by atoms with van der Waals surface area (Å²) in [5, 5.41) is 0. The van der Waals surface area contributed by atoms with Gasteiger partial charge in [0, 0.05) is 6.42 Å². The Bertz CT molecular complexity index is 462. The van der Waals surface area contributed by atoms with Crippen LogP contribution in [-0.4, -0.2) is 18.2 Å². The van der Waals surface area contributed by atoms with Gasteiger partial charge in [0.05, 0.1) is 0 Å². The van der Waals surface area contributed by atoms with E-state index in [2.05, 4.69) is 0 Å². The first kappa shape index (κ1) is 14.5. The van der Waals surface area contributed by atoms with Crippen LogP contribution in [0.4, 0.5) is 0 Å². The van der Waals surface area contributed by atoms with Gasteiger partial charge in [0.25, 0.3) is 6.47 Å². The van der Waals surface area contributed by atoms with Crippen molar-refractivity contribution >= 4 is 12.4 Å². The van der Waals surface area contributed by atoms with E-state index < -0.39 is 17.6 Å². The van der Waals surface area contributed by atoms with E-state index >= 15 is 0 Å². The normalized spacial score (nSPS) is 25.8. The van der Waals surface area contributed by atoms with Crippen molar-refractivity contribution in [2.75, 3.05) is 0 Å². The molecular weight excluding hydrogens is 258 g/mol. The van der Waals surface area contributed by atoms with E-state index in [1.165, 1.54) is 0 Å². The second-order valence-electron chi connectivity index (χ2n) is 5.06. The van der Waals surface area contributed by atoms with Gasteiger partial charge >= 0.3 is 5.97 Å². The predicted molar refractivity (Wildman–Crippen MR) is 72.3 cm³/mol. The maximum absolute atomic E-state index is 12.2. The van der Waals surface area contributed by atoms with Gasteiger partial charge in [-0.1, -0.05) is 36.8 Å². The van der Waals surface area contributed by atoms with Crippen LogP contribution in [0, 0.1) is 5.92 Å². The van der Waals surface area contributed by atoms with E-state index in [0.717, 1.165) is 18.4 Å². The lowest BCUT2D eigenvalue weighted by Gasteiger charge is -2.37. The molecule has 1 saturated carbocycles. The molecule has 2 unspecified atom stereocenters. The van der Waals surface area contributed by atoms with Gasteiger partial charge in [-0.05, 0) is 18.4 Å². The summed E-state index contributed by atoms with van der Waals surface area (Å²) in [7, 11) is 0. The quantitative estimate of drug-likeness (QED) is 0.504. The van der Waals surface area contributed by atoms with Crippen molar-refractivity contribution in [1.82, 2.24) is 0 Å². The maximum Gasteiger partial charge on any atom is 0.314 e. The van der Waals surface area contributed by atoms with Crippen LogP contribution in [0.5, 0.6) is 0 Å². The monoisotopic (exact) mass is 277 g/mol. The summed E-state index contributed by atoms with van der Waals surface area (Å²) < 4.78 is 10.2. The number of hydrogen-bond acceptors (Lipinski definition) is 5. The Morgan fingerprint density at radius 3 is 2.80 bits per heavy atom. The molecule has 0 radical (unpaired) electrons. The summed E-state index contributed by atoms with van der Waals surface area (Å²) in [4.78, 5) is 22.7. The lowest BCUT2D eigenvalue weighted by atomic mass is 9.81. The standard InChI is InChI=1S/C15H19NO4/c16-15(20-11-17)9-5-4-8-13(15)14(18)19-10-12-6-2-1-3-7-12/h1-3,6-7,11,13H,4-5,8-10,16H2. The van der Waals surface area contributed by atoms with Crippen LogP contribution < -0.4 is 5.73 Å². The fraction of sp³-hybridized carbons (Fsp3) is 0.467. The molecule has 0 amide bonds. The minimum atomic E-state index is -1.23. The second-order valence-corrected chi connectivity index (χ2v) is 5.06. The average molecular weight is 277 g/mol. The molecule has 1 aromatic rings. The van der Waals surface area contributed by atoms with Gasteiger partial charge in [0.1, 0.15) is 12.5 Å². The van der Waals surface area contributed by atoms with Gasteiger partial charge < -0.3 is 9.47 Å². The summed E-state index contributed by atoms with van der Waals surface area (Å²) in [6, 6.07) is 9.42. The molecule has 0 aromatic heterocycles. The zero-order chi connectivity index (χ0) is 14.4. The smallest absolute Gasteiger partial charge is 0.314 e. The molecule has 20 heavy (non-hydrogen) atoms. The third kappa shape index (κ3) is 3.36. The zero-order valence-corrected chi connectivity index (χ0v) is 11.3. The first-order chi connectivity index (χ1) is 9.65. The highest BCUT2D eigenvalue weighted by molar-refractivity contribution is 5.74. The van der Waals surface area contributed by atoms with Crippen molar-refractivity contribution in [1.29, 1.82) is 0 Å². The van der Waals surface area contributed by atoms with Crippen molar-refractivity contribution in [2.24, 2.45) is 11.7 Å². The Balaban J connectivity index is 1.97. The highest BCUT2D eigenvalue weighted by Gasteiger charge is 2.44. The molecule has 2 atom stereocenters. The Morgan fingerprint density at radius 2 is 2.10 bits per heavy atom. The van der Waals surface area contributed by atoms with Crippen LogP contribution in [0.1, 0.15) is 31.2 Å². The molecule has 0 spiro atoms. The summed E-state index contributed by atoms with van der Waals surface area (Å²) in [5.74, 6) is -0.997. The first-order valence-corrected chi connectivity index (χ1v) is 6.76. The molecule has 0 aliphatic heterocycles. The van der Waals surface area contributed by atoms with E-state index in [4.69, 9.17) is 15.2 Å². The van der Waals surface area contributed by atoms with Crippen molar-refractivity contribution in [2.45, 2.75) is 38.0 Å². The lowest BCUT2D eigenvalue weighted by molar-refractivity contribution is -0.173. The van der Waals surface area contributed by atoms with E-state index in [-0.39, 0.29) is 6.61 Å². The third-order valence-corrected chi connectivity index (χ3v) is 3.68. The molecule has 2 rings (SSSR count). The summed E-state index contributed by atoms with van der Waals surface area (Å²) >= 11 is 0.